The third-order valence-electron chi connectivity index (χ3n) is 3.67. The number of hydrogen-bond donors (Lipinski definition) is 2. The average molecular weight is 379 g/mol. The van der Waals surface area contributed by atoms with Crippen LogP contribution in [0, 0.1) is 12.7 Å². The fourth-order valence-corrected chi connectivity index (χ4v) is 2.84. The number of rotatable bonds is 3. The largest absolute Gasteiger partial charge is 0.396 e. The highest BCUT2D eigenvalue weighted by molar-refractivity contribution is 6.39. The highest BCUT2D eigenvalue weighted by atomic mass is 35.5. The van der Waals surface area contributed by atoms with Gasteiger partial charge in [0.05, 0.1) is 33.2 Å². The first-order chi connectivity index (χ1) is 11.9. The smallest absolute Gasteiger partial charge is 0.259 e. The van der Waals surface area contributed by atoms with Gasteiger partial charge in [-0.15, -0.1) is 0 Å². The van der Waals surface area contributed by atoms with E-state index in [-0.39, 0.29) is 21.4 Å². The molecule has 0 fully saturated rings. The molecule has 128 valence electrons. The lowest BCUT2D eigenvalue weighted by atomic mass is 10.2. The summed E-state index contributed by atoms with van der Waals surface area (Å²) in [5.41, 5.74) is 7.37. The summed E-state index contributed by atoms with van der Waals surface area (Å²) in [6.07, 6.45) is 1.37. The molecule has 0 aliphatic carbocycles. The summed E-state index contributed by atoms with van der Waals surface area (Å²) >= 11 is 11.9. The second kappa shape index (κ2) is 6.74. The molecule has 0 bridgehead atoms. The van der Waals surface area contributed by atoms with Crippen molar-refractivity contribution in [3.05, 3.63) is 69.7 Å². The number of carbonyl (C=O) groups excluding carboxylic acids is 1. The molecule has 0 aliphatic rings. The molecule has 0 spiro atoms. The third-order valence-corrected chi connectivity index (χ3v) is 4.30. The first-order valence-electron chi connectivity index (χ1n) is 7.24. The maximum atomic E-state index is 13.9. The lowest BCUT2D eigenvalue weighted by Crippen LogP contribution is -2.13. The molecular weight excluding hydrogens is 366 g/mol. The molecule has 3 rings (SSSR count). The molecule has 3 aromatic rings. The fraction of sp³-hybridized carbons (Fsp3) is 0.0588. The van der Waals surface area contributed by atoms with Gasteiger partial charge in [0.15, 0.2) is 0 Å². The molecule has 3 N–H and O–H groups in total. The second-order valence-corrected chi connectivity index (χ2v) is 6.13. The molecule has 1 heterocycles. The Bertz CT molecular complexity index is 948. The SMILES string of the molecule is Cc1c(C(=O)Nc2cc(Cl)c(N)c(Cl)c2)cnn1-c1ccccc1F. The number of benzene rings is 2. The van der Waals surface area contributed by atoms with Crippen LogP contribution in [0.4, 0.5) is 15.8 Å². The monoisotopic (exact) mass is 378 g/mol. The van der Waals surface area contributed by atoms with Crippen LogP contribution in [0.1, 0.15) is 16.1 Å². The molecule has 1 aromatic heterocycles. The lowest BCUT2D eigenvalue weighted by molar-refractivity contribution is 0.102. The Labute approximate surface area is 153 Å². The number of aromatic nitrogens is 2. The van der Waals surface area contributed by atoms with Crippen molar-refractivity contribution < 1.29 is 9.18 Å². The van der Waals surface area contributed by atoms with Crippen LogP contribution in [-0.4, -0.2) is 15.7 Å². The first-order valence-corrected chi connectivity index (χ1v) is 7.99. The van der Waals surface area contributed by atoms with Crippen LogP contribution in [0.15, 0.2) is 42.6 Å². The number of carbonyl (C=O) groups is 1. The number of para-hydroxylation sites is 1. The Morgan fingerprint density at radius 2 is 1.88 bits per heavy atom. The van der Waals surface area contributed by atoms with Crippen LogP contribution >= 0.6 is 23.2 Å². The highest BCUT2D eigenvalue weighted by Crippen LogP contribution is 2.31. The number of nitrogens with two attached hydrogens (primary N) is 1. The van der Waals surface area contributed by atoms with Crippen molar-refractivity contribution in [1.82, 2.24) is 9.78 Å². The Kier molecular flexibility index (Phi) is 4.65. The van der Waals surface area contributed by atoms with Gasteiger partial charge in [-0.1, -0.05) is 35.3 Å². The molecule has 0 saturated heterocycles. The number of nitrogen functional groups attached to an aromatic ring is 1. The molecule has 0 aliphatic heterocycles. The maximum Gasteiger partial charge on any atom is 0.259 e. The lowest BCUT2D eigenvalue weighted by Gasteiger charge is -2.09. The van der Waals surface area contributed by atoms with E-state index in [1.54, 1.807) is 25.1 Å². The second-order valence-electron chi connectivity index (χ2n) is 5.31. The van der Waals surface area contributed by atoms with E-state index in [1.807, 2.05) is 0 Å². The van der Waals surface area contributed by atoms with Crippen molar-refractivity contribution in [3.8, 4) is 5.69 Å². The van der Waals surface area contributed by atoms with Crippen LogP contribution in [-0.2, 0) is 0 Å². The van der Waals surface area contributed by atoms with Gasteiger partial charge in [-0.25, -0.2) is 9.07 Å². The van der Waals surface area contributed by atoms with Crippen LogP contribution < -0.4 is 11.1 Å². The van der Waals surface area contributed by atoms with E-state index in [2.05, 4.69) is 10.4 Å². The Morgan fingerprint density at radius 1 is 1.24 bits per heavy atom. The summed E-state index contributed by atoms with van der Waals surface area (Å²) in [6.45, 7) is 1.68. The van der Waals surface area contributed by atoms with Crippen LogP contribution in [0.3, 0.4) is 0 Å². The van der Waals surface area contributed by atoms with E-state index in [9.17, 15) is 9.18 Å². The maximum absolute atomic E-state index is 13.9. The highest BCUT2D eigenvalue weighted by Gasteiger charge is 2.17. The van der Waals surface area contributed by atoms with Crippen molar-refractivity contribution in [2.75, 3.05) is 11.1 Å². The number of amides is 1. The molecule has 8 heteroatoms. The van der Waals surface area contributed by atoms with Crippen molar-refractivity contribution in [1.29, 1.82) is 0 Å². The average Bonchev–Trinajstić information content (AvgIpc) is 2.94. The van der Waals surface area contributed by atoms with E-state index in [1.165, 1.54) is 29.1 Å². The molecule has 0 unspecified atom stereocenters. The normalized spacial score (nSPS) is 10.7. The van der Waals surface area contributed by atoms with Gasteiger partial charge in [-0.05, 0) is 31.2 Å². The number of hydrogen-bond acceptors (Lipinski definition) is 3. The van der Waals surface area contributed by atoms with Crippen molar-refractivity contribution >= 4 is 40.5 Å². The molecule has 2 aromatic carbocycles. The van der Waals surface area contributed by atoms with Gasteiger partial charge in [0, 0.05) is 5.69 Å². The summed E-state index contributed by atoms with van der Waals surface area (Å²) in [4.78, 5) is 12.5. The number of nitrogens with one attached hydrogen (secondary N) is 1. The Morgan fingerprint density at radius 3 is 2.52 bits per heavy atom. The first kappa shape index (κ1) is 17.3. The zero-order chi connectivity index (χ0) is 18.1. The predicted molar refractivity (Wildman–Crippen MR) is 97.1 cm³/mol. The van der Waals surface area contributed by atoms with E-state index in [0.717, 1.165) is 0 Å². The summed E-state index contributed by atoms with van der Waals surface area (Å²) in [5, 5.41) is 7.25. The van der Waals surface area contributed by atoms with Gasteiger partial charge in [-0.3, -0.25) is 4.79 Å². The van der Waals surface area contributed by atoms with Crippen LogP contribution in [0.25, 0.3) is 5.69 Å². The molecule has 25 heavy (non-hydrogen) atoms. The number of halogens is 3. The van der Waals surface area contributed by atoms with Gasteiger partial charge < -0.3 is 11.1 Å². The van der Waals surface area contributed by atoms with E-state index >= 15 is 0 Å². The van der Waals surface area contributed by atoms with E-state index < -0.39 is 11.7 Å². The standard InChI is InChI=1S/C17H13Cl2FN4O/c1-9-11(8-22-24(9)15-5-3-2-4-14(15)20)17(25)23-10-6-12(18)16(21)13(19)7-10/h2-8H,21H2,1H3,(H,23,25). The zero-order valence-electron chi connectivity index (χ0n) is 13.1. The minimum atomic E-state index is -0.433. The molecule has 0 radical (unpaired) electrons. The molecular formula is C17H13Cl2FN4O. The Hall–Kier alpha value is -2.57. The fourth-order valence-electron chi connectivity index (χ4n) is 2.35. The third kappa shape index (κ3) is 3.31. The van der Waals surface area contributed by atoms with Gasteiger partial charge in [0.2, 0.25) is 0 Å². The zero-order valence-corrected chi connectivity index (χ0v) is 14.6. The summed E-state index contributed by atoms with van der Waals surface area (Å²) < 4.78 is 15.3. The quantitative estimate of drug-likeness (QED) is 0.660. The molecule has 1 amide bonds. The summed E-state index contributed by atoms with van der Waals surface area (Å²) in [7, 11) is 0. The summed E-state index contributed by atoms with van der Waals surface area (Å²) in [5.74, 6) is -0.852. The van der Waals surface area contributed by atoms with Gasteiger partial charge in [0.1, 0.15) is 11.5 Å². The van der Waals surface area contributed by atoms with Crippen molar-refractivity contribution in [2.24, 2.45) is 0 Å². The van der Waals surface area contributed by atoms with Crippen molar-refractivity contribution in [2.45, 2.75) is 6.92 Å². The molecule has 0 saturated carbocycles. The summed E-state index contributed by atoms with van der Waals surface area (Å²) in [6, 6.07) is 9.18. The van der Waals surface area contributed by atoms with E-state index in [4.69, 9.17) is 28.9 Å². The minimum absolute atomic E-state index is 0.238. The Balaban J connectivity index is 1.91. The molecule has 0 atom stereocenters. The van der Waals surface area contributed by atoms with Crippen molar-refractivity contribution in [3.63, 3.8) is 0 Å². The number of nitrogens with zero attached hydrogens (tertiary/aromatic N) is 2. The van der Waals surface area contributed by atoms with E-state index in [0.29, 0.717) is 16.9 Å². The number of anilines is 2. The molecule has 5 nitrogen and oxygen atoms in total. The minimum Gasteiger partial charge on any atom is -0.396 e. The van der Waals surface area contributed by atoms with Gasteiger partial charge in [-0.2, -0.15) is 5.10 Å². The topological polar surface area (TPSA) is 72.9 Å². The van der Waals surface area contributed by atoms with Gasteiger partial charge >= 0.3 is 0 Å². The predicted octanol–water partition coefficient (Wildman–Crippen LogP) is 4.46. The van der Waals surface area contributed by atoms with Crippen LogP contribution in [0.5, 0.6) is 0 Å². The van der Waals surface area contributed by atoms with Crippen LogP contribution in [0.2, 0.25) is 10.0 Å². The van der Waals surface area contributed by atoms with Gasteiger partial charge in [0.25, 0.3) is 5.91 Å².